The average molecular weight is 255 g/mol. The highest BCUT2D eigenvalue weighted by Gasteiger charge is 2.38. The van der Waals surface area contributed by atoms with Gasteiger partial charge in [-0.1, -0.05) is 26.2 Å². The summed E-state index contributed by atoms with van der Waals surface area (Å²) >= 11 is 0. The molecule has 0 radical (unpaired) electrons. The molecule has 1 aliphatic carbocycles. The number of nitrogens with zero attached hydrogens (tertiary/aromatic N) is 1. The first-order valence-corrected chi connectivity index (χ1v) is 7.11. The van der Waals surface area contributed by atoms with Crippen LogP contribution in [0.25, 0.3) is 0 Å². The largest absolute Gasteiger partial charge is 0.468 e. The molecular weight excluding hydrogens is 230 g/mol. The SMILES string of the molecule is COC(=O)[C@@H]1C[C@H](O)CN1C[C@H]1CCCC[C@@H]1C. The second-order valence-electron chi connectivity index (χ2n) is 5.90. The number of ether oxygens (including phenoxy) is 1. The molecule has 0 amide bonds. The van der Waals surface area contributed by atoms with Crippen molar-refractivity contribution in [3.8, 4) is 0 Å². The fourth-order valence-electron chi connectivity index (χ4n) is 3.43. The van der Waals surface area contributed by atoms with E-state index in [9.17, 15) is 9.90 Å². The Bertz CT molecular complexity index is 295. The smallest absolute Gasteiger partial charge is 0.323 e. The Morgan fingerprint density at radius 1 is 1.39 bits per heavy atom. The standard InChI is InChI=1S/C14H25NO3/c1-10-5-3-4-6-11(10)8-15-9-12(16)7-13(15)14(17)18-2/h10-13,16H,3-9H2,1-2H3/t10-,11+,12-,13-/m0/s1. The molecule has 0 aromatic carbocycles. The summed E-state index contributed by atoms with van der Waals surface area (Å²) in [6.07, 6.45) is 5.32. The molecule has 2 fully saturated rings. The lowest BCUT2D eigenvalue weighted by molar-refractivity contribution is -0.146. The molecule has 4 nitrogen and oxygen atoms in total. The minimum Gasteiger partial charge on any atom is -0.468 e. The van der Waals surface area contributed by atoms with Crippen molar-refractivity contribution in [3.05, 3.63) is 0 Å². The Morgan fingerprint density at radius 2 is 2.11 bits per heavy atom. The number of aliphatic hydroxyl groups excluding tert-OH is 1. The number of β-amino-alcohol motifs (C(OH)–C–C–N with tert-alkyl or cyclic N) is 1. The van der Waals surface area contributed by atoms with Gasteiger partial charge in [-0.3, -0.25) is 9.69 Å². The van der Waals surface area contributed by atoms with E-state index in [2.05, 4.69) is 11.8 Å². The minimum atomic E-state index is -0.381. The summed E-state index contributed by atoms with van der Waals surface area (Å²) in [7, 11) is 1.43. The summed E-state index contributed by atoms with van der Waals surface area (Å²) < 4.78 is 4.84. The molecule has 0 aromatic heterocycles. The van der Waals surface area contributed by atoms with Gasteiger partial charge < -0.3 is 9.84 Å². The van der Waals surface area contributed by atoms with Crippen molar-refractivity contribution in [2.45, 2.75) is 51.2 Å². The van der Waals surface area contributed by atoms with Crippen LogP contribution in [-0.4, -0.2) is 48.3 Å². The Labute approximate surface area is 109 Å². The Kier molecular flexibility index (Phi) is 4.62. The molecule has 1 saturated carbocycles. The molecule has 0 unspecified atom stereocenters. The topological polar surface area (TPSA) is 49.8 Å². The second-order valence-corrected chi connectivity index (χ2v) is 5.90. The van der Waals surface area contributed by atoms with E-state index in [0.717, 1.165) is 12.5 Å². The molecule has 2 aliphatic rings. The van der Waals surface area contributed by atoms with Crippen LogP contribution in [0, 0.1) is 11.8 Å². The molecule has 1 aliphatic heterocycles. The van der Waals surface area contributed by atoms with Crippen molar-refractivity contribution in [2.24, 2.45) is 11.8 Å². The minimum absolute atomic E-state index is 0.199. The summed E-state index contributed by atoms with van der Waals surface area (Å²) in [4.78, 5) is 13.8. The molecule has 2 rings (SSSR count). The van der Waals surface area contributed by atoms with Crippen LogP contribution in [0.15, 0.2) is 0 Å². The van der Waals surface area contributed by atoms with E-state index in [-0.39, 0.29) is 18.1 Å². The Morgan fingerprint density at radius 3 is 2.78 bits per heavy atom. The van der Waals surface area contributed by atoms with Gasteiger partial charge in [0.2, 0.25) is 0 Å². The zero-order valence-electron chi connectivity index (χ0n) is 11.5. The monoisotopic (exact) mass is 255 g/mol. The normalized spacial score (nSPS) is 37.7. The van der Waals surface area contributed by atoms with Gasteiger partial charge in [0.15, 0.2) is 0 Å². The number of carbonyl (C=O) groups is 1. The third-order valence-electron chi connectivity index (χ3n) is 4.61. The van der Waals surface area contributed by atoms with Crippen molar-refractivity contribution < 1.29 is 14.6 Å². The maximum Gasteiger partial charge on any atom is 0.323 e. The second kappa shape index (κ2) is 6.02. The summed E-state index contributed by atoms with van der Waals surface area (Å²) in [6.45, 7) is 3.85. The number of likely N-dealkylation sites (tertiary alicyclic amines) is 1. The maximum atomic E-state index is 11.7. The summed E-state index contributed by atoms with van der Waals surface area (Å²) in [5.41, 5.74) is 0. The van der Waals surface area contributed by atoms with Crippen LogP contribution in [0.4, 0.5) is 0 Å². The molecule has 1 N–H and O–H groups in total. The van der Waals surface area contributed by atoms with Crippen LogP contribution >= 0.6 is 0 Å². The summed E-state index contributed by atoms with van der Waals surface area (Å²) in [6, 6.07) is -0.237. The van der Waals surface area contributed by atoms with E-state index < -0.39 is 0 Å². The first-order valence-electron chi connectivity index (χ1n) is 7.11. The van der Waals surface area contributed by atoms with Crippen LogP contribution in [0.2, 0.25) is 0 Å². The lowest BCUT2D eigenvalue weighted by Gasteiger charge is -2.33. The lowest BCUT2D eigenvalue weighted by Crippen LogP contribution is -2.41. The number of hydrogen-bond donors (Lipinski definition) is 1. The van der Waals surface area contributed by atoms with Crippen molar-refractivity contribution in [2.75, 3.05) is 20.2 Å². The first kappa shape index (κ1) is 13.8. The highest BCUT2D eigenvalue weighted by Crippen LogP contribution is 2.32. The van der Waals surface area contributed by atoms with E-state index in [4.69, 9.17) is 4.74 Å². The van der Waals surface area contributed by atoms with Gasteiger partial charge in [-0.15, -0.1) is 0 Å². The molecule has 1 saturated heterocycles. The maximum absolute atomic E-state index is 11.7. The fourth-order valence-corrected chi connectivity index (χ4v) is 3.43. The molecule has 0 spiro atoms. The van der Waals surface area contributed by atoms with E-state index in [1.54, 1.807) is 0 Å². The molecule has 0 bridgehead atoms. The number of hydrogen-bond acceptors (Lipinski definition) is 4. The predicted octanol–water partition coefficient (Wildman–Crippen LogP) is 1.42. The number of methoxy groups -OCH3 is 1. The van der Waals surface area contributed by atoms with Crippen molar-refractivity contribution >= 4 is 5.97 Å². The number of esters is 1. The van der Waals surface area contributed by atoms with Crippen LogP contribution in [0.5, 0.6) is 0 Å². The molecule has 1 heterocycles. The Balaban J connectivity index is 1.95. The van der Waals surface area contributed by atoms with Crippen LogP contribution in [0.1, 0.15) is 39.0 Å². The molecule has 18 heavy (non-hydrogen) atoms. The third kappa shape index (κ3) is 3.04. The predicted molar refractivity (Wildman–Crippen MR) is 69.1 cm³/mol. The van der Waals surface area contributed by atoms with Gasteiger partial charge in [0.1, 0.15) is 6.04 Å². The van der Waals surface area contributed by atoms with Crippen LogP contribution in [0.3, 0.4) is 0 Å². The van der Waals surface area contributed by atoms with Crippen LogP contribution < -0.4 is 0 Å². The fraction of sp³-hybridized carbons (Fsp3) is 0.929. The van der Waals surface area contributed by atoms with Crippen LogP contribution in [-0.2, 0) is 9.53 Å². The Hall–Kier alpha value is -0.610. The zero-order valence-corrected chi connectivity index (χ0v) is 11.5. The van der Waals surface area contributed by atoms with Gasteiger partial charge in [-0.05, 0) is 18.3 Å². The number of aliphatic hydroxyl groups is 1. The molecule has 0 aromatic rings. The van der Waals surface area contributed by atoms with E-state index >= 15 is 0 Å². The van der Waals surface area contributed by atoms with Crippen molar-refractivity contribution in [1.82, 2.24) is 4.90 Å². The van der Waals surface area contributed by atoms with Crippen molar-refractivity contribution in [3.63, 3.8) is 0 Å². The zero-order chi connectivity index (χ0) is 13.1. The van der Waals surface area contributed by atoms with E-state index in [1.165, 1.54) is 32.8 Å². The summed E-state index contributed by atoms with van der Waals surface area (Å²) in [5.74, 6) is 1.20. The van der Waals surface area contributed by atoms with Gasteiger partial charge in [-0.25, -0.2) is 0 Å². The van der Waals surface area contributed by atoms with Gasteiger partial charge in [-0.2, -0.15) is 0 Å². The highest BCUT2D eigenvalue weighted by atomic mass is 16.5. The quantitative estimate of drug-likeness (QED) is 0.775. The first-order chi connectivity index (χ1) is 8.61. The van der Waals surface area contributed by atoms with E-state index in [1.807, 2.05) is 0 Å². The number of carbonyl (C=O) groups excluding carboxylic acids is 1. The molecule has 4 atom stereocenters. The van der Waals surface area contributed by atoms with Gasteiger partial charge >= 0.3 is 5.97 Å². The average Bonchev–Trinajstić information content (AvgIpc) is 2.72. The van der Waals surface area contributed by atoms with E-state index in [0.29, 0.717) is 18.9 Å². The van der Waals surface area contributed by atoms with Gasteiger partial charge in [0, 0.05) is 19.5 Å². The molecular formula is C14H25NO3. The third-order valence-corrected chi connectivity index (χ3v) is 4.61. The highest BCUT2D eigenvalue weighted by molar-refractivity contribution is 5.76. The van der Waals surface area contributed by atoms with Crippen molar-refractivity contribution in [1.29, 1.82) is 0 Å². The molecule has 4 heteroatoms. The lowest BCUT2D eigenvalue weighted by atomic mass is 9.80. The van der Waals surface area contributed by atoms with Gasteiger partial charge in [0.25, 0.3) is 0 Å². The molecule has 104 valence electrons. The number of rotatable bonds is 3. The summed E-state index contributed by atoms with van der Waals surface area (Å²) in [5, 5.41) is 9.76. The van der Waals surface area contributed by atoms with Gasteiger partial charge in [0.05, 0.1) is 13.2 Å².